The maximum atomic E-state index is 5.91. The van der Waals surface area contributed by atoms with Gasteiger partial charge in [-0.05, 0) is 29.7 Å². The van der Waals surface area contributed by atoms with E-state index in [1.165, 1.54) is 38.4 Å². The molecule has 5 heteroatoms. The van der Waals surface area contributed by atoms with Crippen LogP contribution < -0.4 is 11.5 Å². The maximum absolute atomic E-state index is 5.91. The molecule has 4 N–H and O–H groups in total. The van der Waals surface area contributed by atoms with Gasteiger partial charge in [-0.25, -0.2) is 9.97 Å². The number of fused-ring (bicyclic) bond motifs is 1. The van der Waals surface area contributed by atoms with E-state index in [9.17, 15) is 0 Å². The van der Waals surface area contributed by atoms with E-state index in [0.717, 1.165) is 27.9 Å². The third-order valence-electron chi connectivity index (χ3n) is 4.72. The molecule has 3 aromatic rings. The van der Waals surface area contributed by atoms with Crippen LogP contribution in [0.4, 0.5) is 11.5 Å². The molecule has 0 unspecified atom stereocenters. The summed E-state index contributed by atoms with van der Waals surface area (Å²) in [6.45, 7) is 2.36. The van der Waals surface area contributed by atoms with Crippen LogP contribution in [-0.2, 0) is 0 Å². The molecule has 0 saturated heterocycles. The summed E-state index contributed by atoms with van der Waals surface area (Å²) >= 11 is 0. The van der Waals surface area contributed by atoms with Crippen LogP contribution in [0, 0.1) is 5.92 Å². The first-order valence-corrected chi connectivity index (χ1v) is 8.85. The summed E-state index contributed by atoms with van der Waals surface area (Å²) in [5.41, 5.74) is 15.1. The molecule has 130 valence electrons. The Morgan fingerprint density at radius 3 is 2.48 bits per heavy atom. The second kappa shape index (κ2) is 7.92. The van der Waals surface area contributed by atoms with Crippen molar-refractivity contribution in [2.24, 2.45) is 5.92 Å². The molecule has 1 saturated carbocycles. The number of nitrogens with two attached hydrogens (primary N) is 2. The van der Waals surface area contributed by atoms with Gasteiger partial charge in [0.15, 0.2) is 0 Å². The number of nitrogen functional groups attached to an aromatic ring is 2. The molecule has 2 heterocycles. The van der Waals surface area contributed by atoms with Crippen molar-refractivity contribution in [2.75, 3.05) is 11.5 Å². The molecule has 25 heavy (non-hydrogen) atoms. The van der Waals surface area contributed by atoms with Crippen LogP contribution in [0.25, 0.3) is 22.0 Å². The Hall–Kier alpha value is -2.69. The predicted octanol–water partition coefficient (Wildman–Crippen LogP) is 4.44. The second-order valence-corrected chi connectivity index (χ2v) is 6.70. The van der Waals surface area contributed by atoms with Crippen LogP contribution in [0.15, 0.2) is 43.0 Å². The Labute approximate surface area is 148 Å². The van der Waals surface area contributed by atoms with Gasteiger partial charge in [-0.3, -0.25) is 4.98 Å². The van der Waals surface area contributed by atoms with Crippen LogP contribution >= 0.6 is 0 Å². The van der Waals surface area contributed by atoms with E-state index in [0.29, 0.717) is 11.5 Å². The predicted molar refractivity (Wildman–Crippen MR) is 104 cm³/mol. The number of hydrogen-bond donors (Lipinski definition) is 2. The van der Waals surface area contributed by atoms with Gasteiger partial charge in [-0.2, -0.15) is 0 Å². The van der Waals surface area contributed by atoms with Gasteiger partial charge in [0.05, 0.1) is 17.4 Å². The van der Waals surface area contributed by atoms with E-state index in [4.69, 9.17) is 11.5 Å². The van der Waals surface area contributed by atoms with Gasteiger partial charge in [0.25, 0.3) is 0 Å². The Morgan fingerprint density at radius 1 is 1.00 bits per heavy atom. The van der Waals surface area contributed by atoms with Gasteiger partial charge >= 0.3 is 0 Å². The number of aromatic nitrogens is 3. The Kier molecular flexibility index (Phi) is 5.43. The van der Waals surface area contributed by atoms with Gasteiger partial charge in [0.2, 0.25) is 0 Å². The lowest BCUT2D eigenvalue weighted by Crippen LogP contribution is -1.99. The Balaban J connectivity index is 0.000000219. The zero-order chi connectivity index (χ0) is 17.6. The lowest BCUT2D eigenvalue weighted by Gasteiger charge is -2.15. The van der Waals surface area contributed by atoms with Crippen molar-refractivity contribution in [2.45, 2.75) is 39.0 Å². The molecule has 0 atom stereocenters. The maximum Gasteiger partial charge on any atom is 0.134 e. The normalized spacial score (nSPS) is 14.8. The highest BCUT2D eigenvalue weighted by atomic mass is 14.9. The van der Waals surface area contributed by atoms with Gasteiger partial charge in [-0.1, -0.05) is 45.1 Å². The highest BCUT2D eigenvalue weighted by Crippen LogP contribution is 2.28. The van der Waals surface area contributed by atoms with Crippen LogP contribution in [-0.4, -0.2) is 15.0 Å². The molecule has 0 bridgehead atoms. The minimum Gasteiger partial charge on any atom is -0.397 e. The van der Waals surface area contributed by atoms with Crippen LogP contribution in [0.2, 0.25) is 0 Å². The summed E-state index contributed by atoms with van der Waals surface area (Å²) in [6.07, 6.45) is 12.2. The molecule has 0 amide bonds. The molecule has 1 aromatic carbocycles. The molecule has 1 fully saturated rings. The van der Waals surface area contributed by atoms with E-state index in [-0.39, 0.29) is 0 Å². The smallest absolute Gasteiger partial charge is 0.134 e. The fourth-order valence-electron chi connectivity index (χ4n) is 3.22. The zero-order valence-electron chi connectivity index (χ0n) is 14.7. The first kappa shape index (κ1) is 17.1. The average Bonchev–Trinajstić information content (AvgIpc) is 2.64. The van der Waals surface area contributed by atoms with Crippen LogP contribution in [0.5, 0.6) is 0 Å². The third kappa shape index (κ3) is 4.24. The molecule has 4 rings (SSSR count). The Bertz CT molecular complexity index is 840. The molecular weight excluding hydrogens is 310 g/mol. The first-order chi connectivity index (χ1) is 12.1. The number of nitrogens with zero attached hydrogens (tertiary/aromatic N) is 3. The molecule has 2 aromatic heterocycles. The van der Waals surface area contributed by atoms with Gasteiger partial charge < -0.3 is 11.5 Å². The van der Waals surface area contributed by atoms with E-state index in [1.807, 2.05) is 24.3 Å². The minimum atomic E-state index is 0.467. The van der Waals surface area contributed by atoms with Crippen molar-refractivity contribution in [3.8, 4) is 11.1 Å². The molecular formula is C20H25N5. The highest BCUT2D eigenvalue weighted by molar-refractivity contribution is 5.92. The number of rotatable bonds is 1. The first-order valence-electron chi connectivity index (χ1n) is 8.85. The average molecular weight is 335 g/mol. The van der Waals surface area contributed by atoms with Crippen molar-refractivity contribution in [1.29, 1.82) is 0 Å². The largest absolute Gasteiger partial charge is 0.397 e. The summed E-state index contributed by atoms with van der Waals surface area (Å²) in [5, 5.41) is 0.825. The summed E-state index contributed by atoms with van der Waals surface area (Å²) in [4.78, 5) is 12.1. The molecule has 0 spiro atoms. The molecule has 5 nitrogen and oxygen atoms in total. The number of hydrogen-bond acceptors (Lipinski definition) is 5. The van der Waals surface area contributed by atoms with Crippen molar-refractivity contribution < 1.29 is 0 Å². The van der Waals surface area contributed by atoms with E-state index in [2.05, 4.69) is 21.9 Å². The summed E-state index contributed by atoms with van der Waals surface area (Å²) in [7, 11) is 0. The lowest BCUT2D eigenvalue weighted by atomic mass is 9.91. The van der Waals surface area contributed by atoms with E-state index >= 15 is 0 Å². The second-order valence-electron chi connectivity index (χ2n) is 6.70. The van der Waals surface area contributed by atoms with Crippen LogP contribution in [0.3, 0.4) is 0 Å². The molecule has 0 aliphatic heterocycles. The van der Waals surface area contributed by atoms with Crippen molar-refractivity contribution >= 4 is 22.4 Å². The SMILES string of the molecule is CC1CCCCC1.Nc1cnccc1-c1ccc2ncnc(N)c2c1. The third-order valence-corrected chi connectivity index (χ3v) is 4.72. The molecule has 1 aliphatic rings. The number of benzene rings is 1. The van der Waals surface area contributed by atoms with Gasteiger partial charge in [0.1, 0.15) is 12.1 Å². The van der Waals surface area contributed by atoms with Crippen molar-refractivity contribution in [1.82, 2.24) is 15.0 Å². The van der Waals surface area contributed by atoms with Crippen molar-refractivity contribution in [3.63, 3.8) is 0 Å². The van der Waals surface area contributed by atoms with Gasteiger partial charge in [-0.15, -0.1) is 0 Å². The number of pyridine rings is 1. The summed E-state index contributed by atoms with van der Waals surface area (Å²) in [5.74, 6) is 1.50. The van der Waals surface area contributed by atoms with Crippen LogP contribution in [0.1, 0.15) is 39.0 Å². The molecule has 0 radical (unpaired) electrons. The van der Waals surface area contributed by atoms with Gasteiger partial charge in [0, 0.05) is 17.1 Å². The highest BCUT2D eigenvalue weighted by Gasteiger charge is 2.06. The molecule has 1 aliphatic carbocycles. The number of anilines is 2. The summed E-state index contributed by atoms with van der Waals surface area (Å²) < 4.78 is 0. The van der Waals surface area contributed by atoms with E-state index in [1.54, 1.807) is 12.4 Å². The topological polar surface area (TPSA) is 90.7 Å². The fourth-order valence-corrected chi connectivity index (χ4v) is 3.22. The zero-order valence-corrected chi connectivity index (χ0v) is 14.7. The standard InChI is InChI=1S/C13H11N5.C7H14/c14-11-6-16-4-3-9(11)8-1-2-12-10(5-8)13(15)18-7-17-12;1-7-5-3-2-4-6-7/h1-7H,14H2,(H2,15,17,18);7H,2-6H2,1H3. The summed E-state index contributed by atoms with van der Waals surface area (Å²) in [6, 6.07) is 7.68. The van der Waals surface area contributed by atoms with E-state index < -0.39 is 0 Å². The van der Waals surface area contributed by atoms with Crippen molar-refractivity contribution in [3.05, 3.63) is 43.0 Å². The quantitative estimate of drug-likeness (QED) is 0.686. The minimum absolute atomic E-state index is 0.467. The monoisotopic (exact) mass is 335 g/mol. The lowest BCUT2D eigenvalue weighted by molar-refractivity contribution is 0.385. The fraction of sp³-hybridized carbons (Fsp3) is 0.350. The Morgan fingerprint density at radius 2 is 1.80 bits per heavy atom.